The number of para-hydroxylation sites is 1. The minimum atomic E-state index is -0.392. The van der Waals surface area contributed by atoms with Crippen LogP contribution in [0.15, 0.2) is 73.2 Å². The van der Waals surface area contributed by atoms with Crippen molar-refractivity contribution in [2.45, 2.75) is 6.92 Å². The molecule has 4 aromatic rings. The van der Waals surface area contributed by atoms with Gasteiger partial charge >= 0.3 is 0 Å². The monoisotopic (exact) mass is 398 g/mol. The van der Waals surface area contributed by atoms with Crippen LogP contribution < -0.4 is 16.0 Å². The van der Waals surface area contributed by atoms with Gasteiger partial charge in [-0.3, -0.25) is 14.6 Å². The van der Waals surface area contributed by atoms with Crippen LogP contribution in [0.1, 0.15) is 17.4 Å². The quantitative estimate of drug-likeness (QED) is 0.469. The van der Waals surface area contributed by atoms with Crippen molar-refractivity contribution in [1.82, 2.24) is 15.0 Å². The number of benzene rings is 2. The Morgan fingerprint density at radius 3 is 2.43 bits per heavy atom. The normalized spacial score (nSPS) is 10.4. The molecular formula is C22H18N6O2. The first-order valence-corrected chi connectivity index (χ1v) is 9.20. The molecule has 8 heteroatoms. The third kappa shape index (κ3) is 4.39. The number of aromatic nitrogens is 3. The lowest BCUT2D eigenvalue weighted by Crippen LogP contribution is -2.14. The summed E-state index contributed by atoms with van der Waals surface area (Å²) in [5.41, 5.74) is 2.91. The largest absolute Gasteiger partial charge is 0.338 e. The zero-order chi connectivity index (χ0) is 20.9. The highest BCUT2D eigenvalue weighted by molar-refractivity contribution is 6.04. The molecule has 2 amide bonds. The molecule has 0 atom stereocenters. The summed E-state index contributed by atoms with van der Waals surface area (Å²) in [5, 5.41) is 9.64. The van der Waals surface area contributed by atoms with Crippen molar-refractivity contribution in [2.75, 3.05) is 16.0 Å². The number of carbonyl (C=O) groups is 2. The van der Waals surface area contributed by atoms with Crippen molar-refractivity contribution < 1.29 is 9.59 Å². The van der Waals surface area contributed by atoms with Crippen molar-refractivity contribution in [3.63, 3.8) is 0 Å². The number of fused-ring (bicyclic) bond motifs is 1. The lowest BCUT2D eigenvalue weighted by atomic mass is 10.2. The highest BCUT2D eigenvalue weighted by Gasteiger charge is 2.11. The molecule has 148 valence electrons. The second kappa shape index (κ2) is 8.36. The molecule has 0 aliphatic carbocycles. The Hall–Kier alpha value is -4.33. The molecule has 2 aromatic heterocycles. The van der Waals surface area contributed by atoms with Gasteiger partial charge in [0.05, 0.1) is 11.2 Å². The van der Waals surface area contributed by atoms with Crippen LogP contribution >= 0.6 is 0 Å². The van der Waals surface area contributed by atoms with E-state index in [1.54, 1.807) is 36.5 Å². The fourth-order valence-corrected chi connectivity index (χ4v) is 2.97. The molecule has 0 aliphatic rings. The topological polar surface area (TPSA) is 109 Å². The van der Waals surface area contributed by atoms with E-state index in [9.17, 15) is 9.59 Å². The zero-order valence-corrected chi connectivity index (χ0v) is 16.1. The van der Waals surface area contributed by atoms with Crippen molar-refractivity contribution >= 4 is 45.6 Å². The van der Waals surface area contributed by atoms with Gasteiger partial charge in [0.25, 0.3) is 5.91 Å². The van der Waals surface area contributed by atoms with Crippen LogP contribution in [-0.4, -0.2) is 26.8 Å². The maximum absolute atomic E-state index is 12.6. The van der Waals surface area contributed by atoms with E-state index >= 15 is 0 Å². The van der Waals surface area contributed by atoms with Crippen LogP contribution in [0.25, 0.3) is 10.9 Å². The van der Waals surface area contributed by atoms with Gasteiger partial charge in [0.2, 0.25) is 5.91 Å². The molecule has 4 rings (SSSR count). The molecule has 0 saturated carbocycles. The molecule has 0 saturated heterocycles. The minimum absolute atomic E-state index is 0.187. The summed E-state index contributed by atoms with van der Waals surface area (Å²) in [6, 6.07) is 18.1. The van der Waals surface area contributed by atoms with Gasteiger partial charge < -0.3 is 16.0 Å². The van der Waals surface area contributed by atoms with Gasteiger partial charge in [0.1, 0.15) is 17.8 Å². The Morgan fingerprint density at radius 1 is 0.833 bits per heavy atom. The summed E-state index contributed by atoms with van der Waals surface area (Å²) >= 11 is 0. The number of nitrogens with one attached hydrogen (secondary N) is 3. The van der Waals surface area contributed by atoms with Gasteiger partial charge in [0.15, 0.2) is 0 Å². The highest BCUT2D eigenvalue weighted by Crippen LogP contribution is 2.24. The second-order valence-electron chi connectivity index (χ2n) is 6.51. The molecule has 3 N–H and O–H groups in total. The third-order valence-electron chi connectivity index (χ3n) is 4.24. The van der Waals surface area contributed by atoms with Gasteiger partial charge in [-0.05, 0) is 30.3 Å². The summed E-state index contributed by atoms with van der Waals surface area (Å²) in [7, 11) is 0. The molecule has 0 spiro atoms. The van der Waals surface area contributed by atoms with Gasteiger partial charge in [0, 0.05) is 35.9 Å². The molecule has 2 aromatic carbocycles. The van der Waals surface area contributed by atoms with E-state index in [1.165, 1.54) is 13.3 Å². The van der Waals surface area contributed by atoms with E-state index in [-0.39, 0.29) is 11.6 Å². The maximum atomic E-state index is 12.6. The number of carbonyl (C=O) groups excluding carboxylic acids is 2. The first-order chi connectivity index (χ1) is 14.6. The fourth-order valence-electron chi connectivity index (χ4n) is 2.97. The van der Waals surface area contributed by atoms with Gasteiger partial charge in [-0.1, -0.05) is 24.3 Å². The number of rotatable bonds is 5. The smallest absolute Gasteiger partial charge is 0.274 e. The van der Waals surface area contributed by atoms with E-state index in [4.69, 9.17) is 0 Å². The first-order valence-electron chi connectivity index (χ1n) is 9.20. The van der Waals surface area contributed by atoms with E-state index in [1.807, 2.05) is 30.3 Å². The third-order valence-corrected chi connectivity index (χ3v) is 4.24. The predicted molar refractivity (Wildman–Crippen MR) is 116 cm³/mol. The predicted octanol–water partition coefficient (Wildman–Crippen LogP) is 3.98. The van der Waals surface area contributed by atoms with Crippen molar-refractivity contribution in [1.29, 1.82) is 0 Å². The molecule has 0 bridgehead atoms. The van der Waals surface area contributed by atoms with E-state index < -0.39 is 5.91 Å². The molecule has 0 fully saturated rings. The minimum Gasteiger partial charge on any atom is -0.338 e. The van der Waals surface area contributed by atoms with Gasteiger partial charge in [-0.2, -0.15) is 0 Å². The number of hydrogen-bond acceptors (Lipinski definition) is 6. The van der Waals surface area contributed by atoms with Crippen LogP contribution in [0, 0.1) is 0 Å². The molecule has 2 heterocycles. The van der Waals surface area contributed by atoms with E-state index in [0.29, 0.717) is 17.2 Å². The molecular weight excluding hydrogens is 380 g/mol. The van der Waals surface area contributed by atoms with Crippen molar-refractivity contribution in [2.24, 2.45) is 0 Å². The summed E-state index contributed by atoms with van der Waals surface area (Å²) in [5.74, 6) is -0.107. The number of hydrogen-bond donors (Lipinski definition) is 3. The summed E-state index contributed by atoms with van der Waals surface area (Å²) in [6.07, 6.45) is 3.05. The van der Waals surface area contributed by atoms with Crippen LogP contribution in [0.2, 0.25) is 0 Å². The molecule has 30 heavy (non-hydrogen) atoms. The van der Waals surface area contributed by atoms with Gasteiger partial charge in [-0.15, -0.1) is 0 Å². The van der Waals surface area contributed by atoms with Crippen LogP contribution in [0.3, 0.4) is 0 Å². The van der Waals surface area contributed by atoms with Crippen molar-refractivity contribution in [3.05, 3.63) is 78.9 Å². The van der Waals surface area contributed by atoms with E-state index in [0.717, 1.165) is 16.6 Å². The van der Waals surface area contributed by atoms with Crippen LogP contribution in [0.4, 0.5) is 22.9 Å². The number of amides is 2. The lowest BCUT2D eigenvalue weighted by molar-refractivity contribution is -0.114. The SMILES string of the molecule is CC(=O)Nc1cccc(NC(=O)c2cc(Nc3cccc4cccnc34)ncn2)c1. The summed E-state index contributed by atoms with van der Waals surface area (Å²) < 4.78 is 0. The average Bonchev–Trinajstić information content (AvgIpc) is 2.74. The van der Waals surface area contributed by atoms with Crippen LogP contribution in [-0.2, 0) is 4.79 Å². The standard InChI is InChI=1S/C22H18N6O2/c1-14(29)26-16-7-3-8-17(11-16)27-22(30)19-12-20(25-13-24-19)28-18-9-2-5-15-6-4-10-23-21(15)18/h2-13H,1H3,(H,26,29)(H,27,30)(H,24,25,28). The Kier molecular flexibility index (Phi) is 5.29. The van der Waals surface area contributed by atoms with Crippen LogP contribution in [0.5, 0.6) is 0 Å². The number of nitrogens with zero attached hydrogens (tertiary/aromatic N) is 3. The molecule has 0 radical (unpaired) electrons. The second-order valence-corrected chi connectivity index (χ2v) is 6.51. The number of anilines is 4. The molecule has 8 nitrogen and oxygen atoms in total. The van der Waals surface area contributed by atoms with Crippen molar-refractivity contribution in [3.8, 4) is 0 Å². The average molecular weight is 398 g/mol. The molecule has 0 aliphatic heterocycles. The fraction of sp³-hybridized carbons (Fsp3) is 0.0455. The highest BCUT2D eigenvalue weighted by atomic mass is 16.2. The van der Waals surface area contributed by atoms with E-state index in [2.05, 4.69) is 30.9 Å². The first kappa shape index (κ1) is 19.0. The Bertz CT molecular complexity index is 1240. The Morgan fingerprint density at radius 2 is 1.60 bits per heavy atom. The number of pyridine rings is 1. The Balaban J connectivity index is 1.53. The lowest BCUT2D eigenvalue weighted by Gasteiger charge is -2.10. The maximum Gasteiger partial charge on any atom is 0.274 e. The zero-order valence-electron chi connectivity index (χ0n) is 16.1. The van der Waals surface area contributed by atoms with Gasteiger partial charge in [-0.25, -0.2) is 9.97 Å². The summed E-state index contributed by atoms with van der Waals surface area (Å²) in [6.45, 7) is 1.42. The summed E-state index contributed by atoms with van der Waals surface area (Å²) in [4.78, 5) is 36.5. The molecule has 0 unspecified atom stereocenters. The Labute approximate surface area is 172 Å².